The molecule has 0 aliphatic rings. The predicted molar refractivity (Wildman–Crippen MR) is 60.1 cm³/mol. The highest BCUT2D eigenvalue weighted by Gasteiger charge is 2.21. The first-order valence-electron chi connectivity index (χ1n) is 5.21. The van der Waals surface area contributed by atoms with Crippen molar-refractivity contribution in [1.82, 2.24) is 14.9 Å². The normalized spacial score (nSPS) is 12.3. The van der Waals surface area contributed by atoms with Crippen molar-refractivity contribution in [3.8, 4) is 0 Å². The number of aryl methyl sites for hydroxylation is 2. The number of aromatic amines is 1. The predicted octanol–water partition coefficient (Wildman–Crippen LogP) is 0.587. The Bertz CT molecular complexity index is 468. The molecule has 6 nitrogen and oxygen atoms in total. The second-order valence-corrected chi connectivity index (χ2v) is 5.33. The van der Waals surface area contributed by atoms with Crippen molar-refractivity contribution in [2.24, 2.45) is 0 Å². The minimum atomic E-state index is -3.69. The molecule has 1 heterocycles. The van der Waals surface area contributed by atoms with Crippen LogP contribution < -0.4 is 4.72 Å². The summed E-state index contributed by atoms with van der Waals surface area (Å²) in [5.41, 5.74) is 0.780. The first kappa shape index (κ1) is 15.0. The first-order valence-corrected chi connectivity index (χ1v) is 6.70. The fourth-order valence-electron chi connectivity index (χ4n) is 1.43. The van der Waals surface area contributed by atoms with Crippen LogP contribution in [0.25, 0.3) is 0 Å². The number of nitrogens with zero attached hydrogens (tertiary/aromatic N) is 1. The number of rotatable bonds is 7. The van der Waals surface area contributed by atoms with Gasteiger partial charge in [0.25, 0.3) is 6.43 Å². The lowest BCUT2D eigenvalue weighted by Crippen LogP contribution is -2.28. The van der Waals surface area contributed by atoms with E-state index in [9.17, 15) is 17.2 Å². The van der Waals surface area contributed by atoms with Crippen LogP contribution >= 0.6 is 0 Å². The van der Waals surface area contributed by atoms with Gasteiger partial charge in [0.1, 0.15) is 11.5 Å². The van der Waals surface area contributed by atoms with E-state index < -0.39 is 23.1 Å². The van der Waals surface area contributed by atoms with E-state index in [1.807, 2.05) is 0 Å². The van der Waals surface area contributed by atoms with Crippen molar-refractivity contribution in [3.63, 3.8) is 0 Å². The summed E-state index contributed by atoms with van der Waals surface area (Å²) in [5, 5.41) is 6.34. The van der Waals surface area contributed by atoms with Crippen molar-refractivity contribution in [3.05, 3.63) is 11.4 Å². The number of aromatic nitrogens is 2. The van der Waals surface area contributed by atoms with E-state index in [2.05, 4.69) is 19.7 Å². The molecule has 1 aromatic heterocycles. The average molecular weight is 283 g/mol. The number of hydrogen-bond acceptors (Lipinski definition) is 4. The summed E-state index contributed by atoms with van der Waals surface area (Å²) in [7, 11) is -3.69. The van der Waals surface area contributed by atoms with Gasteiger partial charge in [0.05, 0.1) is 18.0 Å². The summed E-state index contributed by atoms with van der Waals surface area (Å²) in [6.45, 7) is 2.26. The summed E-state index contributed by atoms with van der Waals surface area (Å²) < 4.78 is 54.0. The minimum Gasteiger partial charge on any atom is -0.374 e. The van der Waals surface area contributed by atoms with Crippen LogP contribution in [0.15, 0.2) is 4.90 Å². The third-order valence-corrected chi connectivity index (χ3v) is 3.83. The third kappa shape index (κ3) is 4.00. The molecule has 18 heavy (non-hydrogen) atoms. The second kappa shape index (κ2) is 6.21. The van der Waals surface area contributed by atoms with Gasteiger partial charge in [0.2, 0.25) is 10.0 Å². The highest BCUT2D eigenvalue weighted by atomic mass is 32.2. The van der Waals surface area contributed by atoms with Crippen LogP contribution in [0, 0.1) is 13.8 Å². The molecule has 0 atom stereocenters. The summed E-state index contributed by atoms with van der Waals surface area (Å²) >= 11 is 0. The Labute approximate surface area is 104 Å². The van der Waals surface area contributed by atoms with Crippen molar-refractivity contribution >= 4 is 10.0 Å². The Morgan fingerprint density at radius 2 is 2.11 bits per heavy atom. The van der Waals surface area contributed by atoms with Crippen LogP contribution in [0.3, 0.4) is 0 Å². The molecular formula is C9H15F2N3O3S. The SMILES string of the molecule is Cc1n[nH]c(C)c1S(=O)(=O)NCCOCC(F)F. The van der Waals surface area contributed by atoms with Gasteiger partial charge in [-0.25, -0.2) is 21.9 Å². The summed E-state index contributed by atoms with van der Waals surface area (Å²) in [4.78, 5) is 0.0800. The number of halogens is 2. The number of hydrogen-bond donors (Lipinski definition) is 2. The van der Waals surface area contributed by atoms with Gasteiger partial charge in [-0.15, -0.1) is 0 Å². The van der Waals surface area contributed by atoms with E-state index in [0.29, 0.717) is 11.4 Å². The maximum Gasteiger partial charge on any atom is 0.261 e. The fourth-order valence-corrected chi connectivity index (χ4v) is 2.81. The zero-order valence-electron chi connectivity index (χ0n) is 10.0. The van der Waals surface area contributed by atoms with Crippen LogP contribution in [0.5, 0.6) is 0 Å². The van der Waals surface area contributed by atoms with Gasteiger partial charge in [0.15, 0.2) is 0 Å². The molecule has 0 saturated carbocycles. The van der Waals surface area contributed by atoms with Gasteiger partial charge in [-0.2, -0.15) is 5.10 Å². The molecule has 0 aliphatic carbocycles. The Hall–Kier alpha value is -1.06. The molecule has 2 N–H and O–H groups in total. The second-order valence-electron chi connectivity index (χ2n) is 3.63. The standard InChI is InChI=1S/C9H15F2N3O3S/c1-6-9(7(2)14-13-6)18(15,16)12-3-4-17-5-8(10)11/h8,12H,3-5H2,1-2H3,(H,13,14). The largest absolute Gasteiger partial charge is 0.374 e. The number of sulfonamides is 1. The third-order valence-electron chi connectivity index (χ3n) is 2.11. The van der Waals surface area contributed by atoms with E-state index in [-0.39, 0.29) is 18.0 Å². The van der Waals surface area contributed by atoms with Gasteiger partial charge in [-0.1, -0.05) is 0 Å². The Morgan fingerprint density at radius 3 is 2.61 bits per heavy atom. The maximum absolute atomic E-state index is 11.9. The van der Waals surface area contributed by atoms with E-state index >= 15 is 0 Å². The fraction of sp³-hybridized carbons (Fsp3) is 0.667. The first-order chi connectivity index (χ1) is 8.34. The molecule has 1 rings (SSSR count). The molecule has 0 radical (unpaired) electrons. The van der Waals surface area contributed by atoms with Gasteiger partial charge < -0.3 is 4.74 Å². The Morgan fingerprint density at radius 1 is 1.44 bits per heavy atom. The monoisotopic (exact) mass is 283 g/mol. The molecule has 0 spiro atoms. The molecule has 0 amide bonds. The van der Waals surface area contributed by atoms with Gasteiger partial charge >= 0.3 is 0 Å². The van der Waals surface area contributed by atoms with Gasteiger partial charge in [-0.05, 0) is 13.8 Å². The van der Waals surface area contributed by atoms with Gasteiger partial charge in [-0.3, -0.25) is 5.10 Å². The van der Waals surface area contributed by atoms with Crippen molar-refractivity contribution in [2.45, 2.75) is 25.2 Å². The lowest BCUT2D eigenvalue weighted by Gasteiger charge is -2.07. The Kier molecular flexibility index (Phi) is 5.17. The molecule has 0 fully saturated rings. The molecule has 0 unspecified atom stereocenters. The van der Waals surface area contributed by atoms with E-state index in [1.54, 1.807) is 13.8 Å². The molecule has 0 aromatic carbocycles. The Balaban J connectivity index is 2.51. The van der Waals surface area contributed by atoms with Crippen molar-refractivity contribution in [2.75, 3.05) is 19.8 Å². The molecule has 0 bridgehead atoms. The summed E-state index contributed by atoms with van der Waals surface area (Å²) in [6, 6.07) is 0. The van der Waals surface area contributed by atoms with Crippen LogP contribution in [-0.4, -0.2) is 44.8 Å². The molecule has 104 valence electrons. The van der Waals surface area contributed by atoms with Crippen LogP contribution in [0.4, 0.5) is 8.78 Å². The lowest BCUT2D eigenvalue weighted by molar-refractivity contribution is 0.0199. The number of alkyl halides is 2. The molecule has 0 saturated heterocycles. The average Bonchev–Trinajstić information content (AvgIpc) is 2.57. The summed E-state index contributed by atoms with van der Waals surface area (Å²) in [5.74, 6) is 0. The molecule has 0 aliphatic heterocycles. The molecule has 9 heteroatoms. The van der Waals surface area contributed by atoms with E-state index in [1.165, 1.54) is 0 Å². The van der Waals surface area contributed by atoms with Crippen LogP contribution in [0.1, 0.15) is 11.4 Å². The van der Waals surface area contributed by atoms with Gasteiger partial charge in [0, 0.05) is 6.54 Å². The van der Waals surface area contributed by atoms with Crippen LogP contribution in [0.2, 0.25) is 0 Å². The maximum atomic E-state index is 11.9. The van der Waals surface area contributed by atoms with E-state index in [4.69, 9.17) is 0 Å². The topological polar surface area (TPSA) is 84.1 Å². The zero-order valence-corrected chi connectivity index (χ0v) is 10.9. The van der Waals surface area contributed by atoms with Crippen molar-refractivity contribution < 1.29 is 21.9 Å². The summed E-state index contributed by atoms with van der Waals surface area (Å²) in [6.07, 6.45) is -2.56. The number of ether oxygens (including phenoxy) is 1. The van der Waals surface area contributed by atoms with E-state index in [0.717, 1.165) is 0 Å². The smallest absolute Gasteiger partial charge is 0.261 e. The highest BCUT2D eigenvalue weighted by molar-refractivity contribution is 7.89. The number of H-pyrrole nitrogens is 1. The van der Waals surface area contributed by atoms with Crippen LogP contribution in [-0.2, 0) is 14.8 Å². The lowest BCUT2D eigenvalue weighted by atomic mass is 10.4. The minimum absolute atomic E-state index is 0.0703. The van der Waals surface area contributed by atoms with Crippen molar-refractivity contribution in [1.29, 1.82) is 0 Å². The molecular weight excluding hydrogens is 268 g/mol. The molecule has 1 aromatic rings. The quantitative estimate of drug-likeness (QED) is 0.717. The highest BCUT2D eigenvalue weighted by Crippen LogP contribution is 2.15. The zero-order chi connectivity index (χ0) is 13.8. The number of nitrogens with one attached hydrogen (secondary N) is 2.